The molecular formula is C20H19N3O3. The van der Waals surface area contributed by atoms with E-state index in [0.717, 1.165) is 5.56 Å². The summed E-state index contributed by atoms with van der Waals surface area (Å²) in [7, 11) is 0. The number of aryl methyl sites for hydroxylation is 1. The summed E-state index contributed by atoms with van der Waals surface area (Å²) >= 11 is 0. The quantitative estimate of drug-likeness (QED) is 0.860. The van der Waals surface area contributed by atoms with Crippen molar-refractivity contribution in [1.82, 2.24) is 0 Å². The van der Waals surface area contributed by atoms with Gasteiger partial charge < -0.3 is 5.32 Å². The zero-order valence-electron chi connectivity index (χ0n) is 14.7. The van der Waals surface area contributed by atoms with Crippen molar-refractivity contribution in [3.63, 3.8) is 0 Å². The summed E-state index contributed by atoms with van der Waals surface area (Å²) in [4.78, 5) is 36.2. The van der Waals surface area contributed by atoms with Crippen LogP contribution in [0.15, 0.2) is 53.6 Å². The molecule has 3 rings (SSSR count). The summed E-state index contributed by atoms with van der Waals surface area (Å²) in [5.74, 6) is -0.603. The lowest BCUT2D eigenvalue weighted by molar-refractivity contribution is -0.118. The smallest absolute Gasteiger partial charge is 0.271 e. The maximum absolute atomic E-state index is 12.5. The van der Waals surface area contributed by atoms with Gasteiger partial charge in [0.15, 0.2) is 5.78 Å². The van der Waals surface area contributed by atoms with Gasteiger partial charge in [0.1, 0.15) is 5.71 Å². The Morgan fingerprint density at radius 2 is 1.85 bits per heavy atom. The number of ketones is 1. The van der Waals surface area contributed by atoms with E-state index in [2.05, 4.69) is 10.4 Å². The van der Waals surface area contributed by atoms with Crippen molar-refractivity contribution >= 4 is 34.7 Å². The third-order valence-electron chi connectivity index (χ3n) is 4.07. The molecular weight excluding hydrogens is 330 g/mol. The predicted octanol–water partition coefficient (Wildman–Crippen LogP) is 3.32. The number of nitrogens with zero attached hydrogens (tertiary/aromatic N) is 2. The molecule has 1 N–H and O–H groups in total. The Morgan fingerprint density at radius 1 is 1.08 bits per heavy atom. The fourth-order valence-corrected chi connectivity index (χ4v) is 2.70. The number of rotatable bonds is 4. The summed E-state index contributed by atoms with van der Waals surface area (Å²) in [5, 5.41) is 8.27. The first-order valence-electron chi connectivity index (χ1n) is 8.33. The van der Waals surface area contributed by atoms with Crippen LogP contribution < -0.4 is 10.3 Å². The second kappa shape index (κ2) is 7.31. The van der Waals surface area contributed by atoms with Gasteiger partial charge in [-0.15, -0.1) is 0 Å². The van der Waals surface area contributed by atoms with Crippen LogP contribution in [0.5, 0.6) is 0 Å². The highest BCUT2D eigenvalue weighted by atomic mass is 16.2. The minimum absolute atomic E-state index is 0.0766. The minimum atomic E-state index is -0.379. The van der Waals surface area contributed by atoms with Crippen LogP contribution in [0, 0.1) is 6.92 Å². The lowest BCUT2D eigenvalue weighted by Crippen LogP contribution is -2.36. The van der Waals surface area contributed by atoms with Crippen molar-refractivity contribution in [3.05, 3.63) is 59.7 Å². The third kappa shape index (κ3) is 3.85. The van der Waals surface area contributed by atoms with Crippen molar-refractivity contribution in [2.75, 3.05) is 10.3 Å². The Bertz CT molecular complexity index is 918. The molecule has 0 aromatic heterocycles. The van der Waals surface area contributed by atoms with E-state index in [1.165, 1.54) is 11.9 Å². The highest BCUT2D eigenvalue weighted by Gasteiger charge is 2.25. The lowest BCUT2D eigenvalue weighted by atomic mass is 10.1. The summed E-state index contributed by atoms with van der Waals surface area (Å²) in [6.07, 6.45) is 0.493. The maximum atomic E-state index is 12.5. The average molecular weight is 349 g/mol. The van der Waals surface area contributed by atoms with Crippen molar-refractivity contribution in [3.8, 4) is 0 Å². The van der Waals surface area contributed by atoms with Crippen LogP contribution in [0.3, 0.4) is 0 Å². The van der Waals surface area contributed by atoms with Gasteiger partial charge in [0.25, 0.3) is 5.91 Å². The number of hydrogen-bond donors (Lipinski definition) is 1. The fourth-order valence-electron chi connectivity index (χ4n) is 2.70. The van der Waals surface area contributed by atoms with Gasteiger partial charge in [-0.25, -0.2) is 5.01 Å². The number of anilines is 2. The van der Waals surface area contributed by atoms with Crippen LogP contribution in [0.1, 0.15) is 35.7 Å². The molecule has 0 spiro atoms. The van der Waals surface area contributed by atoms with Gasteiger partial charge in [-0.2, -0.15) is 5.10 Å². The number of amides is 2. The molecule has 0 aliphatic carbocycles. The second-order valence-corrected chi connectivity index (χ2v) is 6.18. The second-order valence-electron chi connectivity index (χ2n) is 6.18. The van der Waals surface area contributed by atoms with Crippen LogP contribution in [0.25, 0.3) is 0 Å². The van der Waals surface area contributed by atoms with E-state index in [-0.39, 0.29) is 36.2 Å². The largest absolute Gasteiger partial charge is 0.321 e. The van der Waals surface area contributed by atoms with Crippen molar-refractivity contribution in [2.24, 2.45) is 5.10 Å². The van der Waals surface area contributed by atoms with E-state index in [9.17, 15) is 14.4 Å². The van der Waals surface area contributed by atoms with Gasteiger partial charge in [-0.3, -0.25) is 14.4 Å². The molecule has 2 aromatic rings. The highest BCUT2D eigenvalue weighted by molar-refractivity contribution is 6.44. The Labute approximate surface area is 151 Å². The molecule has 132 valence electrons. The van der Waals surface area contributed by atoms with E-state index in [0.29, 0.717) is 16.9 Å². The summed E-state index contributed by atoms with van der Waals surface area (Å²) in [6, 6.07) is 14.1. The molecule has 0 saturated heterocycles. The first kappa shape index (κ1) is 17.5. The molecule has 6 heteroatoms. The molecule has 0 bridgehead atoms. The molecule has 26 heavy (non-hydrogen) atoms. The fraction of sp³-hybridized carbons (Fsp3) is 0.200. The number of benzene rings is 2. The van der Waals surface area contributed by atoms with Gasteiger partial charge in [-0.1, -0.05) is 24.3 Å². The van der Waals surface area contributed by atoms with Crippen LogP contribution in [0.2, 0.25) is 0 Å². The molecule has 1 heterocycles. The number of Topliss-reactive ketones (excluding diaryl/α,β-unsaturated/α-hetero) is 1. The first-order chi connectivity index (χ1) is 12.4. The Hall–Kier alpha value is -3.28. The standard InChI is InChI=1S/C20H19N3O3/c1-13-5-3-8-17(11-13)23-19(25)10-9-18(22-23)20(26)21-16-7-4-6-15(12-16)14(2)24/h3-8,11-12H,9-10H2,1-2H3,(H,21,26). The Morgan fingerprint density at radius 3 is 2.58 bits per heavy atom. The van der Waals surface area contributed by atoms with Crippen LogP contribution in [0.4, 0.5) is 11.4 Å². The van der Waals surface area contributed by atoms with Gasteiger partial charge in [-0.05, 0) is 43.7 Å². The lowest BCUT2D eigenvalue weighted by Gasteiger charge is -2.23. The molecule has 0 unspecified atom stereocenters. The molecule has 0 fully saturated rings. The van der Waals surface area contributed by atoms with Gasteiger partial charge in [0.05, 0.1) is 5.69 Å². The Balaban J connectivity index is 1.82. The zero-order valence-corrected chi connectivity index (χ0v) is 14.7. The van der Waals surface area contributed by atoms with Gasteiger partial charge in [0, 0.05) is 24.1 Å². The SMILES string of the molecule is CC(=O)c1cccc(NC(=O)C2=NN(c3cccc(C)c3)C(=O)CC2)c1. The summed E-state index contributed by atoms with van der Waals surface area (Å²) in [6.45, 7) is 3.40. The average Bonchev–Trinajstić information content (AvgIpc) is 2.62. The minimum Gasteiger partial charge on any atom is -0.321 e. The van der Waals surface area contributed by atoms with Crippen LogP contribution >= 0.6 is 0 Å². The van der Waals surface area contributed by atoms with E-state index < -0.39 is 0 Å². The maximum Gasteiger partial charge on any atom is 0.271 e. The zero-order chi connectivity index (χ0) is 18.7. The monoisotopic (exact) mass is 349 g/mol. The first-order valence-corrected chi connectivity index (χ1v) is 8.33. The highest BCUT2D eigenvalue weighted by Crippen LogP contribution is 2.22. The summed E-state index contributed by atoms with van der Waals surface area (Å²) in [5.41, 5.74) is 2.95. The predicted molar refractivity (Wildman–Crippen MR) is 100 cm³/mol. The topological polar surface area (TPSA) is 78.8 Å². The van der Waals surface area contributed by atoms with Crippen molar-refractivity contribution < 1.29 is 14.4 Å². The number of hydrazone groups is 1. The van der Waals surface area contributed by atoms with Crippen LogP contribution in [-0.2, 0) is 9.59 Å². The third-order valence-corrected chi connectivity index (χ3v) is 4.07. The molecule has 6 nitrogen and oxygen atoms in total. The van der Waals surface area contributed by atoms with E-state index in [4.69, 9.17) is 0 Å². The molecule has 1 aliphatic heterocycles. The molecule has 0 saturated carbocycles. The van der Waals surface area contributed by atoms with Gasteiger partial charge in [0.2, 0.25) is 5.91 Å². The molecule has 1 aliphatic rings. The molecule has 2 amide bonds. The van der Waals surface area contributed by atoms with Crippen molar-refractivity contribution in [1.29, 1.82) is 0 Å². The molecule has 2 aromatic carbocycles. The number of carbonyl (C=O) groups is 3. The molecule has 0 atom stereocenters. The number of hydrogen-bond acceptors (Lipinski definition) is 4. The van der Waals surface area contributed by atoms with Gasteiger partial charge >= 0.3 is 0 Å². The molecule has 0 radical (unpaired) electrons. The van der Waals surface area contributed by atoms with Crippen LogP contribution in [-0.4, -0.2) is 23.3 Å². The van der Waals surface area contributed by atoms with Crippen molar-refractivity contribution in [2.45, 2.75) is 26.7 Å². The number of nitrogens with one attached hydrogen (secondary N) is 1. The van der Waals surface area contributed by atoms with E-state index >= 15 is 0 Å². The number of carbonyl (C=O) groups excluding carboxylic acids is 3. The Kier molecular flexibility index (Phi) is 4.93. The van der Waals surface area contributed by atoms with E-state index in [1.807, 2.05) is 25.1 Å². The summed E-state index contributed by atoms with van der Waals surface area (Å²) < 4.78 is 0. The van der Waals surface area contributed by atoms with E-state index in [1.54, 1.807) is 30.3 Å². The normalized spacial score (nSPS) is 14.0.